The highest BCUT2D eigenvalue weighted by molar-refractivity contribution is 7.00. The van der Waals surface area contributed by atoms with Gasteiger partial charge in [0.1, 0.15) is 0 Å². The second-order valence-electron chi connectivity index (χ2n) is 26.2. The first-order chi connectivity index (χ1) is 43.9. The average Bonchev–Trinajstić information content (AvgIpc) is 0.763. The molecule has 0 spiro atoms. The van der Waals surface area contributed by atoms with Crippen LogP contribution in [-0.2, 0) is 10.8 Å². The predicted octanol–water partition coefficient (Wildman–Crippen LogP) is 20.3. The molecule has 5 nitrogen and oxygen atoms in total. The number of hydrogen-bond acceptors (Lipinski definition) is 4. The molecule has 0 radical (unpaired) electrons. The SMILES string of the molecule is CC(C)(C)c1ccc(-c2ccc3c(c2)N(c2c(-c4ccccc4)cncc2-c2ccccc2)c2cc(-n4c5ccccc5c5ccccc54)cc4c2B3c2ccc(-c3ccc(C(C)(C)C)cc3)cc2N4c2c(-c3ccccc3)cncc2-c2ccccc2)cc1. The molecule has 0 amide bonds. The van der Waals surface area contributed by atoms with Crippen molar-refractivity contribution in [3.05, 3.63) is 303 Å². The Morgan fingerprint density at radius 3 is 0.967 bits per heavy atom. The van der Waals surface area contributed by atoms with Crippen LogP contribution in [0.2, 0.25) is 0 Å². The molecular formula is C84H66BN5. The van der Waals surface area contributed by atoms with Crippen molar-refractivity contribution in [2.24, 2.45) is 0 Å². The van der Waals surface area contributed by atoms with Crippen molar-refractivity contribution in [1.82, 2.24) is 14.5 Å². The van der Waals surface area contributed by atoms with Gasteiger partial charge in [0.2, 0.25) is 0 Å². The Labute approximate surface area is 528 Å². The Kier molecular flexibility index (Phi) is 13.0. The molecule has 0 unspecified atom stereocenters. The summed E-state index contributed by atoms with van der Waals surface area (Å²) in [4.78, 5) is 15.5. The summed E-state index contributed by atoms with van der Waals surface area (Å²) in [5.41, 5.74) is 29.0. The lowest BCUT2D eigenvalue weighted by Crippen LogP contribution is -2.61. The van der Waals surface area contributed by atoms with E-state index in [-0.39, 0.29) is 17.5 Å². The van der Waals surface area contributed by atoms with Crippen LogP contribution in [0.15, 0.2) is 292 Å². The molecule has 0 aliphatic carbocycles. The highest BCUT2D eigenvalue weighted by Crippen LogP contribution is 2.54. The second kappa shape index (κ2) is 21.5. The number of aromatic nitrogens is 3. The third kappa shape index (κ3) is 9.16. The average molecular weight is 1160 g/mol. The zero-order chi connectivity index (χ0) is 60.8. The number of hydrogen-bond donors (Lipinski definition) is 0. The Bertz CT molecular complexity index is 4630. The smallest absolute Gasteiger partial charge is 0.252 e. The van der Waals surface area contributed by atoms with Gasteiger partial charge < -0.3 is 14.4 Å². The summed E-state index contributed by atoms with van der Waals surface area (Å²) >= 11 is 0. The molecule has 430 valence electrons. The monoisotopic (exact) mass is 1160 g/mol. The van der Waals surface area contributed by atoms with Gasteiger partial charge in [-0.15, -0.1) is 0 Å². The Hall–Kier alpha value is -10.8. The molecule has 0 fully saturated rings. The lowest BCUT2D eigenvalue weighted by molar-refractivity contribution is 0.590. The molecule has 90 heavy (non-hydrogen) atoms. The first-order valence-electron chi connectivity index (χ1n) is 31.4. The molecule has 11 aromatic carbocycles. The van der Waals surface area contributed by atoms with Gasteiger partial charge in [0.25, 0.3) is 6.71 Å². The van der Waals surface area contributed by atoms with E-state index in [0.29, 0.717) is 0 Å². The predicted molar refractivity (Wildman–Crippen MR) is 380 cm³/mol. The summed E-state index contributed by atoms with van der Waals surface area (Å²) in [6, 6.07) is 99.2. The maximum atomic E-state index is 5.15. The lowest BCUT2D eigenvalue weighted by atomic mass is 9.33. The van der Waals surface area contributed by atoms with E-state index in [0.717, 1.165) is 118 Å². The van der Waals surface area contributed by atoms with Crippen LogP contribution in [-0.4, -0.2) is 21.2 Å². The maximum absolute atomic E-state index is 5.15. The summed E-state index contributed by atoms with van der Waals surface area (Å²) in [7, 11) is 0. The molecule has 0 saturated carbocycles. The van der Waals surface area contributed by atoms with Crippen molar-refractivity contribution < 1.29 is 0 Å². The Balaban J connectivity index is 1.09. The molecule has 2 aliphatic heterocycles. The van der Waals surface area contributed by atoms with E-state index in [4.69, 9.17) is 9.97 Å². The zero-order valence-electron chi connectivity index (χ0n) is 51.5. The maximum Gasteiger partial charge on any atom is 0.252 e. The van der Waals surface area contributed by atoms with Crippen molar-refractivity contribution in [2.75, 3.05) is 9.80 Å². The van der Waals surface area contributed by atoms with E-state index >= 15 is 0 Å². The molecule has 0 bridgehead atoms. The van der Waals surface area contributed by atoms with E-state index in [1.807, 2.05) is 0 Å². The van der Waals surface area contributed by atoms with Crippen LogP contribution in [0.4, 0.5) is 34.1 Å². The number of para-hydroxylation sites is 2. The number of rotatable bonds is 9. The standard InChI is InChI=1S/C84H66BN5/c1-83(2,3)63-41-35-55(36-42-63)61-39-45-72-76(47-61)89(81-68(57-23-11-7-12-24-57)51-86-52-69(81)58-25-13-8-14-26-58)78-49-65(88-74-33-21-19-31-66(74)67-32-20-22-34-75(67)88)50-79-80(78)85(72)73-46-40-62(56-37-43-64(44-38-56)84(4,5)6)48-77(73)90(79)82-70(59-27-15-9-16-28-59)53-87-54-71(82)60-29-17-10-18-30-60/h7-54H,1-6H3. The van der Waals surface area contributed by atoms with Crippen molar-refractivity contribution in [3.8, 4) is 72.4 Å². The summed E-state index contributed by atoms with van der Waals surface area (Å²) < 4.78 is 2.50. The van der Waals surface area contributed by atoms with Gasteiger partial charge in [-0.25, -0.2) is 0 Å². The largest absolute Gasteiger partial charge is 0.310 e. The van der Waals surface area contributed by atoms with Gasteiger partial charge in [-0.3, -0.25) is 9.97 Å². The third-order valence-electron chi connectivity index (χ3n) is 18.7. The second-order valence-corrected chi connectivity index (χ2v) is 26.2. The first-order valence-corrected chi connectivity index (χ1v) is 31.4. The molecular weight excluding hydrogens is 1090 g/mol. The summed E-state index contributed by atoms with van der Waals surface area (Å²) in [5, 5.41) is 2.40. The lowest BCUT2D eigenvalue weighted by Gasteiger charge is -2.46. The topological polar surface area (TPSA) is 37.2 Å². The fourth-order valence-corrected chi connectivity index (χ4v) is 14.2. The molecule has 6 heteroatoms. The molecule has 0 atom stereocenters. The molecule has 16 rings (SSSR count). The molecule has 0 saturated heterocycles. The third-order valence-corrected chi connectivity index (χ3v) is 18.7. The van der Waals surface area contributed by atoms with Crippen molar-refractivity contribution in [3.63, 3.8) is 0 Å². The molecule has 3 aromatic heterocycles. The van der Waals surface area contributed by atoms with Gasteiger partial charge in [-0.2, -0.15) is 0 Å². The minimum Gasteiger partial charge on any atom is -0.310 e. The normalized spacial score (nSPS) is 12.7. The summed E-state index contributed by atoms with van der Waals surface area (Å²) in [6.07, 6.45) is 8.31. The summed E-state index contributed by atoms with van der Waals surface area (Å²) in [5.74, 6) is 0. The number of pyridine rings is 2. The van der Waals surface area contributed by atoms with Crippen LogP contribution in [0, 0.1) is 0 Å². The van der Waals surface area contributed by atoms with Crippen molar-refractivity contribution in [2.45, 2.75) is 52.4 Å². The number of nitrogens with zero attached hydrogens (tertiary/aromatic N) is 5. The molecule has 0 N–H and O–H groups in total. The van der Waals surface area contributed by atoms with Crippen LogP contribution in [0.1, 0.15) is 52.7 Å². The number of benzene rings is 11. The van der Waals surface area contributed by atoms with Gasteiger partial charge in [-0.05, 0) is 119 Å². The van der Waals surface area contributed by atoms with E-state index < -0.39 is 0 Å². The van der Waals surface area contributed by atoms with Gasteiger partial charge in [-0.1, -0.05) is 272 Å². The van der Waals surface area contributed by atoms with Gasteiger partial charge in [0.15, 0.2) is 0 Å². The summed E-state index contributed by atoms with van der Waals surface area (Å²) in [6.45, 7) is 13.5. The Morgan fingerprint density at radius 1 is 0.300 bits per heavy atom. The van der Waals surface area contributed by atoms with Gasteiger partial charge in [0.05, 0.1) is 28.1 Å². The zero-order valence-corrected chi connectivity index (χ0v) is 51.5. The molecule has 14 aromatic rings. The fourth-order valence-electron chi connectivity index (χ4n) is 14.2. The van der Waals surface area contributed by atoms with Crippen LogP contribution < -0.4 is 26.2 Å². The van der Waals surface area contributed by atoms with Crippen molar-refractivity contribution >= 4 is 79.0 Å². The molecule has 2 aliphatic rings. The van der Waals surface area contributed by atoms with E-state index in [9.17, 15) is 0 Å². The minimum atomic E-state index is -0.223. The van der Waals surface area contributed by atoms with Gasteiger partial charge >= 0.3 is 0 Å². The highest BCUT2D eigenvalue weighted by Gasteiger charge is 2.46. The van der Waals surface area contributed by atoms with Gasteiger partial charge in [0, 0.05) is 80.6 Å². The van der Waals surface area contributed by atoms with Crippen LogP contribution >= 0.6 is 0 Å². The Morgan fingerprint density at radius 2 is 0.622 bits per heavy atom. The number of fused-ring (bicyclic) bond motifs is 7. The van der Waals surface area contributed by atoms with Crippen LogP contribution in [0.3, 0.4) is 0 Å². The fraction of sp³-hybridized carbons (Fsp3) is 0.0952. The van der Waals surface area contributed by atoms with Crippen molar-refractivity contribution in [1.29, 1.82) is 0 Å². The number of anilines is 6. The van der Waals surface area contributed by atoms with Crippen LogP contribution in [0.5, 0.6) is 0 Å². The quantitative estimate of drug-likeness (QED) is 0.135. The first kappa shape index (κ1) is 54.6. The van der Waals surface area contributed by atoms with E-state index in [2.05, 4.69) is 348 Å². The van der Waals surface area contributed by atoms with Crippen LogP contribution in [0.25, 0.3) is 94.3 Å². The minimum absolute atomic E-state index is 0.00167. The van der Waals surface area contributed by atoms with E-state index in [1.54, 1.807) is 0 Å². The molecule has 5 heterocycles. The highest BCUT2D eigenvalue weighted by atomic mass is 15.2. The van der Waals surface area contributed by atoms with E-state index in [1.165, 1.54) is 38.3 Å².